The molecule has 160 valence electrons. The molecule has 1 saturated carbocycles. The van der Waals surface area contributed by atoms with Crippen LogP contribution in [0.4, 0.5) is 10.5 Å². The number of amides is 3. The summed E-state index contributed by atoms with van der Waals surface area (Å²) in [7, 11) is 0. The third-order valence-electron chi connectivity index (χ3n) is 5.94. The fourth-order valence-electron chi connectivity index (χ4n) is 4.46. The molecule has 0 spiro atoms. The van der Waals surface area contributed by atoms with Crippen molar-refractivity contribution in [1.82, 2.24) is 15.1 Å². The molecule has 0 aromatic heterocycles. The summed E-state index contributed by atoms with van der Waals surface area (Å²) < 4.78 is 0. The summed E-state index contributed by atoms with van der Waals surface area (Å²) in [6.07, 6.45) is 7.85. The molecule has 2 N–H and O–H groups in total. The predicted octanol–water partition coefficient (Wildman–Crippen LogP) is 3.94. The summed E-state index contributed by atoms with van der Waals surface area (Å²) in [4.78, 5) is 29.8. The molecule has 3 amide bonds. The molecule has 2 aliphatic rings. The van der Waals surface area contributed by atoms with Crippen molar-refractivity contribution in [3.8, 4) is 0 Å². The highest BCUT2D eigenvalue weighted by molar-refractivity contribution is 6.03. The van der Waals surface area contributed by atoms with Crippen molar-refractivity contribution in [2.24, 2.45) is 5.92 Å². The normalized spacial score (nSPS) is 19.1. The third-order valence-corrected chi connectivity index (χ3v) is 5.94. The van der Waals surface area contributed by atoms with Crippen LogP contribution in [0.15, 0.2) is 24.3 Å². The van der Waals surface area contributed by atoms with E-state index in [-0.39, 0.29) is 18.0 Å². The number of hydrogen-bond donors (Lipinski definition) is 2. The molecule has 1 heterocycles. The highest BCUT2D eigenvalue weighted by Crippen LogP contribution is 2.25. The van der Waals surface area contributed by atoms with Crippen LogP contribution in [0, 0.1) is 5.92 Å². The van der Waals surface area contributed by atoms with Crippen LogP contribution in [0.5, 0.6) is 0 Å². The van der Waals surface area contributed by atoms with Crippen molar-refractivity contribution < 1.29 is 9.59 Å². The van der Waals surface area contributed by atoms with Gasteiger partial charge in [0, 0.05) is 32.2 Å². The number of hydrogen-bond acceptors (Lipinski definition) is 3. The maximum absolute atomic E-state index is 13.2. The van der Waals surface area contributed by atoms with E-state index in [0.29, 0.717) is 11.3 Å². The van der Waals surface area contributed by atoms with Gasteiger partial charge in [0.05, 0.1) is 11.3 Å². The molecule has 3 rings (SSSR count). The van der Waals surface area contributed by atoms with Gasteiger partial charge in [0.1, 0.15) is 0 Å². The van der Waals surface area contributed by atoms with E-state index in [1.807, 2.05) is 30.9 Å². The van der Waals surface area contributed by atoms with Crippen LogP contribution in [0.25, 0.3) is 0 Å². The fourth-order valence-corrected chi connectivity index (χ4v) is 4.46. The van der Waals surface area contributed by atoms with Crippen molar-refractivity contribution in [2.75, 3.05) is 38.0 Å². The molecular formula is C23H36N4O2. The van der Waals surface area contributed by atoms with Crippen molar-refractivity contribution >= 4 is 17.6 Å². The van der Waals surface area contributed by atoms with Crippen LogP contribution < -0.4 is 10.6 Å². The summed E-state index contributed by atoms with van der Waals surface area (Å²) in [5.41, 5.74) is 1.13. The Morgan fingerprint density at radius 1 is 1.00 bits per heavy atom. The first-order chi connectivity index (χ1) is 14.0. The SMILES string of the molecule is CC(C)NC(=O)Nc1ccccc1C(=O)N1CCCN(CC2CCCCC2)CC1. The lowest BCUT2D eigenvalue weighted by atomic mass is 9.89. The minimum Gasteiger partial charge on any atom is -0.337 e. The lowest BCUT2D eigenvalue weighted by molar-refractivity contribution is 0.0761. The molecule has 0 bridgehead atoms. The van der Waals surface area contributed by atoms with Gasteiger partial charge in [-0.3, -0.25) is 4.79 Å². The highest BCUT2D eigenvalue weighted by atomic mass is 16.2. The Kier molecular flexibility index (Phi) is 7.92. The van der Waals surface area contributed by atoms with Crippen molar-refractivity contribution in [3.05, 3.63) is 29.8 Å². The Bertz CT molecular complexity index is 685. The molecular weight excluding hydrogens is 364 g/mol. The van der Waals surface area contributed by atoms with Crippen LogP contribution in [0.1, 0.15) is 62.7 Å². The van der Waals surface area contributed by atoms with Crippen LogP contribution in [-0.4, -0.2) is 60.5 Å². The Hall–Kier alpha value is -2.08. The zero-order valence-electron chi connectivity index (χ0n) is 18.0. The molecule has 1 saturated heterocycles. The number of para-hydroxylation sites is 1. The number of nitrogens with one attached hydrogen (secondary N) is 2. The van der Waals surface area contributed by atoms with Gasteiger partial charge in [0.25, 0.3) is 5.91 Å². The van der Waals surface area contributed by atoms with Gasteiger partial charge in [-0.15, -0.1) is 0 Å². The van der Waals surface area contributed by atoms with E-state index < -0.39 is 0 Å². The lowest BCUT2D eigenvalue weighted by Gasteiger charge is -2.29. The van der Waals surface area contributed by atoms with Gasteiger partial charge in [-0.25, -0.2) is 4.79 Å². The first kappa shape index (κ1) is 21.6. The van der Waals surface area contributed by atoms with Crippen molar-refractivity contribution in [2.45, 2.75) is 58.4 Å². The van der Waals surface area contributed by atoms with Gasteiger partial charge in [0.2, 0.25) is 0 Å². The number of nitrogens with zero attached hydrogens (tertiary/aromatic N) is 2. The first-order valence-electron chi connectivity index (χ1n) is 11.2. The Balaban J connectivity index is 1.59. The summed E-state index contributed by atoms with van der Waals surface area (Å²) in [5.74, 6) is 0.834. The van der Waals surface area contributed by atoms with E-state index >= 15 is 0 Å². The monoisotopic (exact) mass is 400 g/mol. The van der Waals surface area contributed by atoms with E-state index in [9.17, 15) is 9.59 Å². The maximum Gasteiger partial charge on any atom is 0.319 e. The van der Waals surface area contributed by atoms with Gasteiger partial charge >= 0.3 is 6.03 Å². The quantitative estimate of drug-likeness (QED) is 0.787. The zero-order chi connectivity index (χ0) is 20.6. The minimum atomic E-state index is -0.283. The van der Waals surface area contributed by atoms with E-state index in [1.165, 1.54) is 38.6 Å². The molecule has 6 heteroatoms. The predicted molar refractivity (Wildman–Crippen MR) is 117 cm³/mol. The number of anilines is 1. The molecule has 1 aliphatic carbocycles. The topological polar surface area (TPSA) is 64.7 Å². The molecule has 0 radical (unpaired) electrons. The molecule has 2 fully saturated rings. The van der Waals surface area contributed by atoms with Gasteiger partial charge in [-0.2, -0.15) is 0 Å². The zero-order valence-corrected chi connectivity index (χ0v) is 18.0. The van der Waals surface area contributed by atoms with Crippen LogP contribution in [0.3, 0.4) is 0 Å². The Morgan fingerprint density at radius 2 is 1.76 bits per heavy atom. The first-order valence-corrected chi connectivity index (χ1v) is 11.2. The van der Waals surface area contributed by atoms with Gasteiger partial charge in [0.15, 0.2) is 0 Å². The Morgan fingerprint density at radius 3 is 2.52 bits per heavy atom. The summed E-state index contributed by atoms with van der Waals surface area (Å²) in [6, 6.07) is 7.05. The van der Waals surface area contributed by atoms with Crippen molar-refractivity contribution in [3.63, 3.8) is 0 Å². The van der Waals surface area contributed by atoms with Crippen LogP contribution in [0.2, 0.25) is 0 Å². The largest absolute Gasteiger partial charge is 0.337 e. The molecule has 1 aromatic rings. The molecule has 29 heavy (non-hydrogen) atoms. The second-order valence-electron chi connectivity index (χ2n) is 8.75. The molecule has 1 aromatic carbocycles. The molecule has 1 aliphatic heterocycles. The van der Waals surface area contributed by atoms with E-state index in [1.54, 1.807) is 12.1 Å². The standard InChI is InChI=1S/C23H36N4O2/c1-18(2)24-23(29)25-21-12-7-6-11-20(21)22(28)27-14-8-13-26(15-16-27)17-19-9-4-3-5-10-19/h6-7,11-12,18-19H,3-5,8-10,13-17H2,1-2H3,(H2,24,25,29). The van der Waals surface area contributed by atoms with Gasteiger partial charge in [-0.1, -0.05) is 31.4 Å². The number of carbonyl (C=O) groups is 2. The minimum absolute atomic E-state index is 0.00460. The number of benzene rings is 1. The molecule has 6 nitrogen and oxygen atoms in total. The lowest BCUT2D eigenvalue weighted by Crippen LogP contribution is -2.38. The Labute approximate surface area is 175 Å². The van der Waals surface area contributed by atoms with E-state index in [2.05, 4.69) is 15.5 Å². The molecule has 0 atom stereocenters. The summed E-state index contributed by atoms with van der Waals surface area (Å²) in [6.45, 7) is 8.52. The second kappa shape index (κ2) is 10.6. The maximum atomic E-state index is 13.2. The van der Waals surface area contributed by atoms with Crippen LogP contribution in [-0.2, 0) is 0 Å². The second-order valence-corrected chi connectivity index (χ2v) is 8.75. The van der Waals surface area contributed by atoms with Crippen LogP contribution >= 0.6 is 0 Å². The number of urea groups is 1. The number of rotatable bonds is 5. The summed E-state index contributed by atoms with van der Waals surface area (Å²) >= 11 is 0. The molecule has 0 unspecified atom stereocenters. The average molecular weight is 401 g/mol. The number of carbonyl (C=O) groups excluding carboxylic acids is 2. The summed E-state index contributed by atoms with van der Waals surface area (Å²) in [5, 5.41) is 5.64. The van der Waals surface area contributed by atoms with E-state index in [4.69, 9.17) is 0 Å². The highest BCUT2D eigenvalue weighted by Gasteiger charge is 2.24. The average Bonchev–Trinajstić information content (AvgIpc) is 2.93. The third kappa shape index (κ3) is 6.46. The van der Waals surface area contributed by atoms with Gasteiger partial charge < -0.3 is 20.4 Å². The fraction of sp³-hybridized carbons (Fsp3) is 0.652. The van der Waals surface area contributed by atoms with Gasteiger partial charge in [-0.05, 0) is 57.7 Å². The van der Waals surface area contributed by atoms with Crippen molar-refractivity contribution in [1.29, 1.82) is 0 Å². The van der Waals surface area contributed by atoms with E-state index in [0.717, 1.165) is 38.5 Å². The smallest absolute Gasteiger partial charge is 0.319 e.